The van der Waals surface area contributed by atoms with Crippen LogP contribution in [0, 0.1) is 10.8 Å². The largest absolute Gasteiger partial charge is 0.497 e. The number of nitrogens with zero attached hydrogens (tertiary/aromatic N) is 5. The summed E-state index contributed by atoms with van der Waals surface area (Å²) in [5, 5.41) is 5.35. The lowest BCUT2D eigenvalue weighted by Crippen LogP contribution is -2.62. The van der Waals surface area contributed by atoms with Gasteiger partial charge in [0.25, 0.3) is 11.8 Å². The number of fused-ring (bicyclic) bond motifs is 7. The number of carbonyl (C=O) groups excluding carboxylic acids is 2. The molecule has 4 aromatic rings. The highest BCUT2D eigenvalue weighted by Crippen LogP contribution is 2.49. The standard InChI is InChI=1S/C46H58N6O5S/c1-29(2)58(55,56)48-43(53)31-15-17-37-39(21-31)51-23-33(19-32-20-35(57-6)16-18-36(32)42(51)40(37)30-11-8-7-9-12-30)41-38(22-47-52(41)34-13-10-14-34)44(54)50-27-45(3)24-46(4,28-50)26-49(5)25-45/h15-22,29-30,34H,7-14,23-28H2,1-6H3,(H,48,53). The minimum atomic E-state index is -3.84. The van der Waals surface area contributed by atoms with Gasteiger partial charge in [0.1, 0.15) is 5.75 Å². The van der Waals surface area contributed by atoms with Crippen LogP contribution in [0.5, 0.6) is 5.75 Å². The lowest BCUT2D eigenvalue weighted by atomic mass is 9.65. The van der Waals surface area contributed by atoms with Crippen LogP contribution >= 0.6 is 0 Å². The zero-order chi connectivity index (χ0) is 40.7. The third kappa shape index (κ3) is 6.77. The first-order chi connectivity index (χ1) is 27.7. The number of sulfonamides is 1. The van der Waals surface area contributed by atoms with Crippen molar-refractivity contribution >= 4 is 44.4 Å². The second-order valence-electron chi connectivity index (χ2n) is 19.1. The fourth-order valence-corrected chi connectivity index (χ4v) is 12.0. The molecule has 2 atom stereocenters. The first-order valence-electron chi connectivity index (χ1n) is 21.3. The Balaban J connectivity index is 1.23. The summed E-state index contributed by atoms with van der Waals surface area (Å²) in [7, 11) is 0.0426. The first kappa shape index (κ1) is 39.1. The van der Waals surface area contributed by atoms with Crippen LogP contribution in [0.4, 0.5) is 0 Å². The number of allylic oxidation sites excluding steroid dienone is 1. The Labute approximate surface area is 342 Å². The number of nitrogens with one attached hydrogen (secondary N) is 1. The summed E-state index contributed by atoms with van der Waals surface area (Å²) in [6.45, 7) is 11.5. The van der Waals surface area contributed by atoms with Crippen LogP contribution in [0.25, 0.3) is 33.8 Å². The number of carbonyl (C=O) groups is 2. The van der Waals surface area contributed by atoms with Crippen molar-refractivity contribution in [1.29, 1.82) is 0 Å². The molecular formula is C46H58N6O5S. The van der Waals surface area contributed by atoms with Gasteiger partial charge < -0.3 is 19.1 Å². The zero-order valence-electron chi connectivity index (χ0n) is 34.9. The second kappa shape index (κ2) is 14.4. The van der Waals surface area contributed by atoms with Gasteiger partial charge in [-0.15, -0.1) is 0 Å². The predicted molar refractivity (Wildman–Crippen MR) is 228 cm³/mol. The number of hydrogen-bond acceptors (Lipinski definition) is 7. The molecule has 0 spiro atoms. The molecule has 2 unspecified atom stereocenters. The van der Waals surface area contributed by atoms with E-state index in [1.54, 1.807) is 27.0 Å². The van der Waals surface area contributed by atoms with E-state index >= 15 is 4.79 Å². The van der Waals surface area contributed by atoms with Crippen LogP contribution < -0.4 is 9.46 Å². The van der Waals surface area contributed by atoms with E-state index in [9.17, 15) is 13.2 Å². The number of benzene rings is 2. The summed E-state index contributed by atoms with van der Waals surface area (Å²) in [5.74, 6) is 0.460. The first-order valence-corrected chi connectivity index (χ1v) is 22.9. The lowest BCUT2D eigenvalue weighted by molar-refractivity contribution is -0.0554. The maximum absolute atomic E-state index is 15.1. The van der Waals surface area contributed by atoms with Crippen molar-refractivity contribution in [2.45, 2.75) is 109 Å². The van der Waals surface area contributed by atoms with Crippen molar-refractivity contribution < 1.29 is 22.7 Å². The number of rotatable bonds is 8. The van der Waals surface area contributed by atoms with Gasteiger partial charge in [-0.3, -0.25) is 14.3 Å². The van der Waals surface area contributed by atoms with E-state index in [1.807, 2.05) is 24.4 Å². The second-order valence-corrected chi connectivity index (χ2v) is 21.4. The minimum absolute atomic E-state index is 0.00382. The van der Waals surface area contributed by atoms with E-state index < -0.39 is 21.2 Å². The average molecular weight is 807 g/mol. The summed E-state index contributed by atoms with van der Waals surface area (Å²) in [5.41, 5.74) is 8.08. The van der Waals surface area contributed by atoms with Crippen LogP contribution in [-0.2, 0) is 16.6 Å². The number of hydrogen-bond donors (Lipinski definition) is 1. The van der Waals surface area contributed by atoms with Gasteiger partial charge in [-0.05, 0) is 129 Å². The lowest BCUT2D eigenvalue weighted by Gasteiger charge is -2.56. The Kier molecular flexibility index (Phi) is 9.69. The molecule has 5 heterocycles. The third-order valence-corrected chi connectivity index (χ3v) is 15.5. The van der Waals surface area contributed by atoms with Crippen LogP contribution in [0.3, 0.4) is 0 Å². The molecule has 2 saturated heterocycles. The molecule has 58 heavy (non-hydrogen) atoms. The summed E-state index contributed by atoms with van der Waals surface area (Å²) < 4.78 is 38.3. The zero-order valence-corrected chi connectivity index (χ0v) is 35.8. The van der Waals surface area contributed by atoms with E-state index in [0.29, 0.717) is 31.1 Å². The predicted octanol–water partition coefficient (Wildman–Crippen LogP) is 8.11. The molecule has 2 aromatic heterocycles. The summed E-state index contributed by atoms with van der Waals surface area (Å²) >= 11 is 0. The molecule has 2 bridgehead atoms. The molecule has 4 fully saturated rings. The summed E-state index contributed by atoms with van der Waals surface area (Å²) in [4.78, 5) is 33.3. The Morgan fingerprint density at radius 2 is 1.64 bits per heavy atom. The maximum atomic E-state index is 15.1. The van der Waals surface area contributed by atoms with Crippen molar-refractivity contribution in [2.75, 3.05) is 40.3 Å². The number of ether oxygens (including phenoxy) is 1. The number of piperidine rings is 2. The molecule has 308 valence electrons. The van der Waals surface area contributed by atoms with Crippen molar-refractivity contribution in [1.82, 2.24) is 28.9 Å². The quantitative estimate of drug-likeness (QED) is 0.191. The van der Waals surface area contributed by atoms with Gasteiger partial charge in [0.2, 0.25) is 10.0 Å². The van der Waals surface area contributed by atoms with E-state index in [2.05, 4.69) is 62.9 Å². The van der Waals surface area contributed by atoms with Crippen molar-refractivity contribution in [3.63, 3.8) is 0 Å². The molecular weight excluding hydrogens is 749 g/mol. The SMILES string of the molecule is COc1ccc2c(c1)C=C(c1c(C(=O)N3CC4(C)CN(C)CC(C)(C3)C4)cnn1C1CCC1)Cn1c-2c(C2CCCCC2)c2ccc(C(=O)NS(=O)(=O)C(C)C)cc21. The Bertz CT molecular complexity index is 2430. The van der Waals surface area contributed by atoms with E-state index in [1.165, 1.54) is 12.0 Å². The van der Waals surface area contributed by atoms with Gasteiger partial charge in [-0.25, -0.2) is 13.1 Å². The fourth-order valence-electron chi connectivity index (χ4n) is 11.4. The van der Waals surface area contributed by atoms with Gasteiger partial charge in [0.05, 0.1) is 48.1 Å². The maximum Gasteiger partial charge on any atom is 0.264 e. The van der Waals surface area contributed by atoms with Gasteiger partial charge in [-0.2, -0.15) is 5.10 Å². The highest BCUT2D eigenvalue weighted by atomic mass is 32.2. The van der Waals surface area contributed by atoms with Gasteiger partial charge in [0.15, 0.2) is 0 Å². The van der Waals surface area contributed by atoms with Crippen LogP contribution in [0.15, 0.2) is 42.6 Å². The fraction of sp³-hybridized carbons (Fsp3) is 0.543. The Morgan fingerprint density at radius 1 is 0.914 bits per heavy atom. The monoisotopic (exact) mass is 806 g/mol. The highest BCUT2D eigenvalue weighted by molar-refractivity contribution is 7.90. The molecule has 2 saturated carbocycles. The van der Waals surface area contributed by atoms with E-state index in [4.69, 9.17) is 9.84 Å². The molecule has 9 rings (SSSR count). The van der Waals surface area contributed by atoms with Crippen molar-refractivity contribution in [3.05, 3.63) is 70.5 Å². The molecule has 0 radical (unpaired) electrons. The third-order valence-electron chi connectivity index (χ3n) is 13.7. The smallest absolute Gasteiger partial charge is 0.264 e. The van der Waals surface area contributed by atoms with Gasteiger partial charge in [-0.1, -0.05) is 39.2 Å². The van der Waals surface area contributed by atoms with Gasteiger partial charge >= 0.3 is 0 Å². The molecule has 11 nitrogen and oxygen atoms in total. The molecule has 5 aliphatic rings. The van der Waals surface area contributed by atoms with Crippen molar-refractivity contribution in [2.24, 2.45) is 10.8 Å². The van der Waals surface area contributed by atoms with Gasteiger partial charge in [0, 0.05) is 48.2 Å². The number of aromatic nitrogens is 3. The summed E-state index contributed by atoms with van der Waals surface area (Å²) in [6.07, 6.45) is 14.0. The Hall–Kier alpha value is -4.42. The molecule has 2 amide bonds. The summed E-state index contributed by atoms with van der Waals surface area (Å²) in [6, 6.07) is 12.1. The normalized spacial score (nSPS) is 24.2. The van der Waals surface area contributed by atoms with Crippen LogP contribution in [0.1, 0.15) is 135 Å². The number of methoxy groups -OCH3 is 1. The van der Waals surface area contributed by atoms with E-state index in [-0.39, 0.29) is 28.3 Å². The van der Waals surface area contributed by atoms with E-state index in [0.717, 1.165) is 109 Å². The van der Waals surface area contributed by atoms with Crippen LogP contribution in [-0.4, -0.2) is 90.0 Å². The van der Waals surface area contributed by atoms with Crippen LogP contribution in [0.2, 0.25) is 0 Å². The molecule has 2 aromatic carbocycles. The topological polar surface area (TPSA) is 119 Å². The number of likely N-dealkylation sites (tertiary alicyclic amines) is 2. The Morgan fingerprint density at radius 3 is 2.29 bits per heavy atom. The average Bonchev–Trinajstić information content (AvgIpc) is 3.66. The molecule has 3 aliphatic heterocycles. The molecule has 12 heteroatoms. The van der Waals surface area contributed by atoms with Crippen molar-refractivity contribution in [3.8, 4) is 17.0 Å². The highest BCUT2D eigenvalue weighted by Gasteiger charge is 2.49. The molecule has 2 aliphatic carbocycles. The minimum Gasteiger partial charge on any atom is -0.497 e. The number of amides is 2. The molecule has 1 N–H and O–H groups in total.